The number of phenolic OH excluding ortho intramolecular Hbond substituents is 1. The van der Waals surface area contributed by atoms with Gasteiger partial charge < -0.3 is 20.8 Å². The Morgan fingerprint density at radius 2 is 2.00 bits per heavy atom. The van der Waals surface area contributed by atoms with Crippen molar-refractivity contribution in [3.63, 3.8) is 0 Å². The van der Waals surface area contributed by atoms with Crippen LogP contribution in [0.5, 0.6) is 5.75 Å². The molecule has 1 heterocycles. The second-order valence-corrected chi connectivity index (χ2v) is 7.15. The number of nitrogens with one attached hydrogen (secondary N) is 2. The van der Waals surface area contributed by atoms with Crippen molar-refractivity contribution >= 4 is 5.91 Å². The van der Waals surface area contributed by atoms with Crippen LogP contribution in [0.15, 0.2) is 12.1 Å². The van der Waals surface area contributed by atoms with Crippen LogP contribution in [0, 0.1) is 0 Å². The molecular weight excluding hydrogens is 292 g/mol. The Morgan fingerprint density at radius 1 is 1.30 bits per heavy atom. The third-order valence-electron chi connectivity index (χ3n) is 4.49. The molecule has 0 radical (unpaired) electrons. The van der Waals surface area contributed by atoms with Crippen molar-refractivity contribution in [2.75, 3.05) is 19.6 Å². The molecule has 1 amide bonds. The molecule has 1 aliphatic heterocycles. The Balaban J connectivity index is 2.24. The summed E-state index contributed by atoms with van der Waals surface area (Å²) < 4.78 is 0. The minimum atomic E-state index is -0.901. The molecular formula is C18H28N2O3. The number of aromatic hydroxyl groups is 1. The maximum Gasteiger partial charge on any atom is 0.255 e. The van der Waals surface area contributed by atoms with Crippen molar-refractivity contribution in [3.05, 3.63) is 28.8 Å². The molecule has 1 unspecified atom stereocenters. The van der Waals surface area contributed by atoms with Gasteiger partial charge in [-0.1, -0.05) is 33.8 Å². The number of β-amino-alcohol motifs (C(OH)–C–C–N with tert-alkyl or cyclic N) is 1. The first-order valence-corrected chi connectivity index (χ1v) is 8.31. The zero-order valence-electron chi connectivity index (χ0n) is 14.4. The third kappa shape index (κ3) is 4.03. The minimum Gasteiger partial charge on any atom is -0.507 e. The zero-order valence-corrected chi connectivity index (χ0v) is 14.4. The van der Waals surface area contributed by atoms with E-state index in [9.17, 15) is 15.0 Å². The van der Waals surface area contributed by atoms with E-state index in [-0.39, 0.29) is 35.6 Å². The van der Waals surface area contributed by atoms with Gasteiger partial charge >= 0.3 is 0 Å². The van der Waals surface area contributed by atoms with Crippen molar-refractivity contribution in [2.45, 2.75) is 51.6 Å². The molecule has 5 heteroatoms. The largest absolute Gasteiger partial charge is 0.507 e. The molecule has 0 spiro atoms. The predicted octanol–water partition coefficient (Wildman–Crippen LogP) is 2.09. The number of amides is 1. The zero-order chi connectivity index (χ0) is 17.2. The fourth-order valence-electron chi connectivity index (χ4n) is 2.85. The van der Waals surface area contributed by atoms with Gasteiger partial charge in [0.15, 0.2) is 0 Å². The summed E-state index contributed by atoms with van der Waals surface area (Å²) in [6, 6.07) is 3.72. The van der Waals surface area contributed by atoms with Gasteiger partial charge in [0.05, 0.1) is 11.2 Å². The second kappa shape index (κ2) is 6.89. The molecule has 2 rings (SSSR count). The lowest BCUT2D eigenvalue weighted by atomic mass is 9.91. The van der Waals surface area contributed by atoms with Gasteiger partial charge in [-0.2, -0.15) is 0 Å². The van der Waals surface area contributed by atoms with Crippen LogP contribution < -0.4 is 10.6 Å². The maximum absolute atomic E-state index is 12.5. The van der Waals surface area contributed by atoms with Crippen LogP contribution in [0.1, 0.15) is 67.4 Å². The van der Waals surface area contributed by atoms with E-state index in [0.29, 0.717) is 13.0 Å². The molecule has 1 aliphatic rings. The lowest BCUT2D eigenvalue weighted by Gasteiger charge is -2.22. The number of hydrogen-bond acceptors (Lipinski definition) is 4. The average Bonchev–Trinajstić information content (AvgIpc) is 2.91. The smallest absolute Gasteiger partial charge is 0.255 e. The Morgan fingerprint density at radius 3 is 2.52 bits per heavy atom. The van der Waals surface area contributed by atoms with E-state index in [1.807, 2.05) is 19.9 Å². The number of phenols is 1. The number of carbonyl (C=O) groups is 1. The van der Waals surface area contributed by atoms with Gasteiger partial charge in [-0.25, -0.2) is 0 Å². The van der Waals surface area contributed by atoms with Crippen molar-refractivity contribution in [2.24, 2.45) is 0 Å². The van der Waals surface area contributed by atoms with E-state index in [1.54, 1.807) is 6.07 Å². The SMILES string of the molecule is CC(C)c1cc(C(=O)NCC2(O)CCNC2)c(O)c(C(C)C)c1. The number of hydrogen-bond donors (Lipinski definition) is 4. The van der Waals surface area contributed by atoms with Crippen molar-refractivity contribution in [1.82, 2.24) is 10.6 Å². The molecule has 1 fully saturated rings. The summed E-state index contributed by atoms with van der Waals surface area (Å²) in [6.07, 6.45) is 0.614. The van der Waals surface area contributed by atoms with E-state index >= 15 is 0 Å². The second-order valence-electron chi connectivity index (χ2n) is 7.15. The standard InChI is InChI=1S/C18H28N2O3/c1-11(2)13-7-14(12(3)4)16(21)15(8-13)17(22)20-10-18(23)5-6-19-9-18/h7-8,11-12,19,21,23H,5-6,9-10H2,1-4H3,(H,20,22). The van der Waals surface area contributed by atoms with Crippen LogP contribution in [0.25, 0.3) is 0 Å². The summed E-state index contributed by atoms with van der Waals surface area (Å²) in [4.78, 5) is 12.5. The minimum absolute atomic E-state index is 0.0402. The highest BCUT2D eigenvalue weighted by Gasteiger charge is 2.31. The highest BCUT2D eigenvalue weighted by atomic mass is 16.3. The quantitative estimate of drug-likeness (QED) is 0.670. The Labute approximate surface area is 138 Å². The first-order chi connectivity index (χ1) is 10.7. The molecule has 0 bridgehead atoms. The molecule has 5 nitrogen and oxygen atoms in total. The summed E-state index contributed by atoms with van der Waals surface area (Å²) in [5, 5.41) is 26.6. The number of benzene rings is 1. The molecule has 1 saturated heterocycles. The van der Waals surface area contributed by atoms with Crippen LogP contribution >= 0.6 is 0 Å². The fourth-order valence-corrected chi connectivity index (χ4v) is 2.85. The number of aliphatic hydroxyl groups is 1. The third-order valence-corrected chi connectivity index (χ3v) is 4.49. The number of carbonyl (C=O) groups excluding carboxylic acids is 1. The Hall–Kier alpha value is -1.59. The summed E-state index contributed by atoms with van der Waals surface area (Å²) >= 11 is 0. The van der Waals surface area contributed by atoms with E-state index in [4.69, 9.17) is 0 Å². The molecule has 0 aromatic heterocycles. The maximum atomic E-state index is 12.5. The monoisotopic (exact) mass is 320 g/mol. The number of rotatable bonds is 5. The molecule has 128 valence electrons. The van der Waals surface area contributed by atoms with Gasteiger partial charge in [-0.3, -0.25) is 4.79 Å². The van der Waals surface area contributed by atoms with E-state index in [2.05, 4.69) is 24.5 Å². The Kier molecular flexibility index (Phi) is 5.32. The van der Waals surface area contributed by atoms with Gasteiger partial charge in [-0.15, -0.1) is 0 Å². The predicted molar refractivity (Wildman–Crippen MR) is 91.1 cm³/mol. The molecule has 0 aliphatic carbocycles. The fraction of sp³-hybridized carbons (Fsp3) is 0.611. The average molecular weight is 320 g/mol. The van der Waals surface area contributed by atoms with Crippen LogP contribution in [0.3, 0.4) is 0 Å². The van der Waals surface area contributed by atoms with Crippen LogP contribution in [-0.2, 0) is 0 Å². The molecule has 23 heavy (non-hydrogen) atoms. The lowest BCUT2D eigenvalue weighted by Crippen LogP contribution is -2.44. The molecule has 1 atom stereocenters. The topological polar surface area (TPSA) is 81.6 Å². The molecule has 4 N–H and O–H groups in total. The first-order valence-electron chi connectivity index (χ1n) is 8.31. The summed E-state index contributed by atoms with van der Waals surface area (Å²) in [5.41, 5.74) is 1.19. The van der Waals surface area contributed by atoms with Gasteiger partial charge in [-0.05, 0) is 42.0 Å². The normalized spacial score (nSPS) is 21.2. The lowest BCUT2D eigenvalue weighted by molar-refractivity contribution is 0.0561. The molecule has 1 aromatic rings. The van der Waals surface area contributed by atoms with Gasteiger partial charge in [0.1, 0.15) is 5.75 Å². The van der Waals surface area contributed by atoms with Gasteiger partial charge in [0.25, 0.3) is 5.91 Å². The van der Waals surface area contributed by atoms with Crippen molar-refractivity contribution in [3.8, 4) is 5.75 Å². The van der Waals surface area contributed by atoms with Crippen LogP contribution in [0.2, 0.25) is 0 Å². The summed E-state index contributed by atoms with van der Waals surface area (Å²) in [5.74, 6) is 0.0944. The molecule has 1 aromatic carbocycles. The van der Waals surface area contributed by atoms with Crippen LogP contribution in [0.4, 0.5) is 0 Å². The highest BCUT2D eigenvalue weighted by molar-refractivity contribution is 5.97. The summed E-state index contributed by atoms with van der Waals surface area (Å²) in [7, 11) is 0. The van der Waals surface area contributed by atoms with E-state index in [0.717, 1.165) is 17.7 Å². The van der Waals surface area contributed by atoms with Crippen molar-refractivity contribution in [1.29, 1.82) is 0 Å². The first kappa shape index (κ1) is 17.8. The van der Waals surface area contributed by atoms with Gasteiger partial charge in [0.2, 0.25) is 0 Å². The van der Waals surface area contributed by atoms with Gasteiger partial charge in [0, 0.05) is 13.1 Å². The molecule has 0 saturated carbocycles. The van der Waals surface area contributed by atoms with E-state index in [1.165, 1.54) is 0 Å². The van der Waals surface area contributed by atoms with E-state index < -0.39 is 5.60 Å². The Bertz CT molecular complexity index is 576. The van der Waals surface area contributed by atoms with Crippen LogP contribution in [-0.4, -0.2) is 41.4 Å². The van der Waals surface area contributed by atoms with Crippen molar-refractivity contribution < 1.29 is 15.0 Å². The highest BCUT2D eigenvalue weighted by Crippen LogP contribution is 2.33. The summed E-state index contributed by atoms with van der Waals surface area (Å²) in [6.45, 7) is 9.51.